The number of ether oxygens (including phenoxy) is 1. The minimum absolute atomic E-state index is 0.101. The van der Waals surface area contributed by atoms with Crippen LogP contribution in [0.4, 0.5) is 5.69 Å². The summed E-state index contributed by atoms with van der Waals surface area (Å²) < 4.78 is 5.17. The fourth-order valence-corrected chi connectivity index (χ4v) is 2.81. The number of rotatable bonds is 3. The van der Waals surface area contributed by atoms with Gasteiger partial charge in [-0.3, -0.25) is 19.3 Å². The lowest BCUT2D eigenvalue weighted by atomic mass is 10.0. The number of nitrogens with zero attached hydrogens (tertiary/aromatic N) is 1. The number of hydrogen-bond acceptors (Lipinski definition) is 4. The first-order chi connectivity index (χ1) is 9.59. The van der Waals surface area contributed by atoms with Crippen molar-refractivity contribution >= 4 is 34.8 Å². The molecule has 2 aliphatic heterocycles. The highest BCUT2D eigenvalue weighted by molar-refractivity contribution is 6.54. The first kappa shape index (κ1) is 13.3. The van der Waals surface area contributed by atoms with Crippen LogP contribution in [0.2, 0.25) is 5.02 Å². The predicted octanol–water partition coefficient (Wildman–Crippen LogP) is 1.47. The molecule has 0 saturated carbocycles. The molecule has 0 N–H and O–H groups in total. The average molecular weight is 294 g/mol. The highest BCUT2D eigenvalue weighted by Crippen LogP contribution is 2.35. The van der Waals surface area contributed by atoms with E-state index in [1.807, 2.05) is 0 Å². The Labute approximate surface area is 120 Å². The van der Waals surface area contributed by atoms with E-state index in [2.05, 4.69) is 0 Å². The topological polar surface area (TPSA) is 63.7 Å². The van der Waals surface area contributed by atoms with Crippen LogP contribution in [-0.4, -0.2) is 37.2 Å². The second-order valence-corrected chi connectivity index (χ2v) is 5.29. The Kier molecular flexibility index (Phi) is 3.31. The van der Waals surface area contributed by atoms with Crippen molar-refractivity contribution in [3.05, 3.63) is 28.8 Å². The van der Waals surface area contributed by atoms with Crippen molar-refractivity contribution in [2.75, 3.05) is 24.7 Å². The van der Waals surface area contributed by atoms with Gasteiger partial charge in [-0.2, -0.15) is 0 Å². The van der Waals surface area contributed by atoms with Crippen LogP contribution < -0.4 is 4.90 Å². The molecule has 1 amide bonds. The van der Waals surface area contributed by atoms with Gasteiger partial charge >= 0.3 is 0 Å². The second-order valence-electron chi connectivity index (χ2n) is 4.88. The van der Waals surface area contributed by atoms with Gasteiger partial charge in [0.15, 0.2) is 5.78 Å². The molecule has 5 nitrogen and oxygen atoms in total. The molecule has 0 aromatic heterocycles. The zero-order chi connectivity index (χ0) is 14.3. The minimum atomic E-state index is -0.694. The smallest absolute Gasteiger partial charge is 0.299 e. The van der Waals surface area contributed by atoms with Crippen molar-refractivity contribution in [1.82, 2.24) is 0 Å². The molecule has 6 heteroatoms. The van der Waals surface area contributed by atoms with Crippen LogP contribution in [0.25, 0.3) is 0 Å². The maximum absolute atomic E-state index is 12.1. The molecule has 1 aromatic carbocycles. The van der Waals surface area contributed by atoms with Gasteiger partial charge < -0.3 is 4.74 Å². The molecule has 104 valence electrons. The Morgan fingerprint density at radius 1 is 1.40 bits per heavy atom. The van der Waals surface area contributed by atoms with Gasteiger partial charge in [-0.15, -0.1) is 0 Å². The summed E-state index contributed by atoms with van der Waals surface area (Å²) in [4.78, 5) is 37.2. The molecular weight excluding hydrogens is 282 g/mol. The second kappa shape index (κ2) is 5.00. The van der Waals surface area contributed by atoms with E-state index in [0.717, 1.165) is 0 Å². The zero-order valence-electron chi connectivity index (χ0n) is 10.6. The van der Waals surface area contributed by atoms with Crippen LogP contribution in [0.15, 0.2) is 18.2 Å². The van der Waals surface area contributed by atoms with Crippen molar-refractivity contribution in [2.24, 2.45) is 5.92 Å². The van der Waals surface area contributed by atoms with E-state index >= 15 is 0 Å². The lowest BCUT2D eigenvalue weighted by Gasteiger charge is -2.18. The van der Waals surface area contributed by atoms with Crippen molar-refractivity contribution in [2.45, 2.75) is 6.42 Å². The molecule has 0 aliphatic carbocycles. The number of carbonyl (C=O) groups excluding carboxylic acids is 3. The number of hydrogen-bond donors (Lipinski definition) is 0. The van der Waals surface area contributed by atoms with E-state index < -0.39 is 11.7 Å². The number of para-hydroxylation sites is 1. The lowest BCUT2D eigenvalue weighted by molar-refractivity contribution is -0.123. The third kappa shape index (κ3) is 2.03. The van der Waals surface area contributed by atoms with Gasteiger partial charge in [-0.05, 0) is 18.6 Å². The van der Waals surface area contributed by atoms with E-state index in [4.69, 9.17) is 16.3 Å². The highest BCUT2D eigenvalue weighted by atomic mass is 35.5. The molecule has 3 rings (SSSR count). The monoisotopic (exact) mass is 293 g/mol. The summed E-state index contributed by atoms with van der Waals surface area (Å²) in [6.07, 6.45) is 0.657. The zero-order valence-corrected chi connectivity index (χ0v) is 11.4. The van der Waals surface area contributed by atoms with Crippen LogP contribution >= 0.6 is 11.6 Å². The van der Waals surface area contributed by atoms with Crippen LogP contribution in [0.5, 0.6) is 0 Å². The molecule has 1 saturated heterocycles. The van der Waals surface area contributed by atoms with Crippen LogP contribution in [0.1, 0.15) is 16.8 Å². The summed E-state index contributed by atoms with van der Waals surface area (Å²) in [6.45, 7) is 0.806. The Balaban J connectivity index is 1.89. The fraction of sp³-hybridized carbons (Fsp3) is 0.357. The number of amides is 1. The normalized spacial score (nSPS) is 21.4. The maximum atomic E-state index is 12.1. The van der Waals surface area contributed by atoms with E-state index in [0.29, 0.717) is 30.3 Å². The van der Waals surface area contributed by atoms with Crippen molar-refractivity contribution in [1.29, 1.82) is 0 Å². The van der Waals surface area contributed by atoms with Gasteiger partial charge in [0.25, 0.3) is 11.7 Å². The summed E-state index contributed by atoms with van der Waals surface area (Å²) >= 11 is 6.06. The first-order valence-corrected chi connectivity index (χ1v) is 6.72. The number of carbonyl (C=O) groups is 3. The van der Waals surface area contributed by atoms with Gasteiger partial charge in [-0.1, -0.05) is 17.7 Å². The molecule has 0 radical (unpaired) electrons. The Hall–Kier alpha value is -1.72. The van der Waals surface area contributed by atoms with E-state index in [9.17, 15) is 14.4 Å². The van der Waals surface area contributed by atoms with Gasteiger partial charge in [-0.25, -0.2) is 0 Å². The minimum Gasteiger partial charge on any atom is -0.381 e. The molecule has 20 heavy (non-hydrogen) atoms. The number of benzene rings is 1. The Bertz CT molecular complexity index is 607. The maximum Gasteiger partial charge on any atom is 0.299 e. The predicted molar refractivity (Wildman–Crippen MR) is 72.1 cm³/mol. The summed E-state index contributed by atoms with van der Waals surface area (Å²) in [5.41, 5.74) is 0.606. The number of Topliss-reactive ketones (excluding diaryl/α,β-unsaturated/α-hetero) is 2. The number of anilines is 1. The van der Waals surface area contributed by atoms with Crippen molar-refractivity contribution in [3.8, 4) is 0 Å². The van der Waals surface area contributed by atoms with Gasteiger partial charge in [0.1, 0.15) is 0 Å². The van der Waals surface area contributed by atoms with Gasteiger partial charge in [0.05, 0.1) is 29.4 Å². The molecule has 2 heterocycles. The first-order valence-electron chi connectivity index (χ1n) is 6.34. The van der Waals surface area contributed by atoms with Gasteiger partial charge in [0.2, 0.25) is 0 Å². The molecule has 1 unspecified atom stereocenters. The number of fused-ring (bicyclic) bond motifs is 1. The van der Waals surface area contributed by atoms with Crippen molar-refractivity contribution < 1.29 is 19.1 Å². The largest absolute Gasteiger partial charge is 0.381 e. The van der Waals surface area contributed by atoms with Crippen LogP contribution in [0.3, 0.4) is 0 Å². The SMILES string of the molecule is O=C1C(=O)N(CC(=O)C2CCOC2)c2c(Cl)cccc21. The molecule has 0 bridgehead atoms. The molecule has 1 aromatic rings. The fourth-order valence-electron chi connectivity index (χ4n) is 2.54. The van der Waals surface area contributed by atoms with Crippen LogP contribution in [0, 0.1) is 5.92 Å². The summed E-state index contributed by atoms with van der Waals surface area (Å²) in [7, 11) is 0. The van der Waals surface area contributed by atoms with E-state index in [1.54, 1.807) is 18.2 Å². The van der Waals surface area contributed by atoms with Crippen molar-refractivity contribution in [3.63, 3.8) is 0 Å². The number of halogens is 1. The van der Waals surface area contributed by atoms with Crippen LogP contribution in [-0.2, 0) is 14.3 Å². The summed E-state index contributed by atoms with van der Waals surface area (Å²) in [5, 5.41) is 0.303. The quantitative estimate of drug-likeness (QED) is 0.792. The molecule has 1 atom stereocenters. The average Bonchev–Trinajstić information content (AvgIpc) is 3.03. The highest BCUT2D eigenvalue weighted by Gasteiger charge is 2.39. The van der Waals surface area contributed by atoms with Gasteiger partial charge in [0, 0.05) is 12.5 Å². The third-order valence-corrected chi connectivity index (χ3v) is 3.94. The molecule has 0 spiro atoms. The molecular formula is C14H12ClNO4. The summed E-state index contributed by atoms with van der Waals surface area (Å²) in [6, 6.07) is 4.76. The Morgan fingerprint density at radius 2 is 2.20 bits per heavy atom. The molecule has 1 fully saturated rings. The van der Waals surface area contributed by atoms with E-state index in [1.165, 1.54) is 4.90 Å². The standard InChI is InChI=1S/C14H12ClNO4/c15-10-3-1-2-9-12(10)16(14(19)13(9)18)6-11(17)8-4-5-20-7-8/h1-3,8H,4-7H2. The Morgan fingerprint density at radius 3 is 2.90 bits per heavy atom. The molecule has 2 aliphatic rings. The summed E-state index contributed by atoms with van der Waals surface area (Å²) in [5.74, 6) is -1.61. The number of ketones is 2. The third-order valence-electron chi connectivity index (χ3n) is 3.64. The van der Waals surface area contributed by atoms with E-state index in [-0.39, 0.29) is 23.8 Å². The lowest BCUT2D eigenvalue weighted by Crippen LogP contribution is -2.37.